The third kappa shape index (κ3) is 3.00. The predicted octanol–water partition coefficient (Wildman–Crippen LogP) is 4.08. The minimum Gasteiger partial charge on any atom is -0.316 e. The number of hydrogen-bond acceptors (Lipinski definition) is 1. The second kappa shape index (κ2) is 6.05. The van der Waals surface area contributed by atoms with Gasteiger partial charge in [-0.3, -0.25) is 0 Å². The summed E-state index contributed by atoms with van der Waals surface area (Å²) in [6.07, 6.45) is 5.52. The van der Waals surface area contributed by atoms with Gasteiger partial charge in [-0.2, -0.15) is 0 Å². The molecule has 1 aliphatic rings. The van der Waals surface area contributed by atoms with Crippen LogP contribution in [0.4, 0.5) is 0 Å². The summed E-state index contributed by atoms with van der Waals surface area (Å²) in [7, 11) is 0. The molecule has 1 rings (SSSR count). The van der Waals surface area contributed by atoms with Gasteiger partial charge in [0.15, 0.2) is 0 Å². The van der Waals surface area contributed by atoms with Gasteiger partial charge in [0.05, 0.1) is 0 Å². The summed E-state index contributed by atoms with van der Waals surface area (Å²) in [6.45, 7) is 14.4. The average molecular weight is 225 g/mol. The van der Waals surface area contributed by atoms with Crippen LogP contribution in [-0.2, 0) is 0 Å². The molecule has 0 radical (unpaired) electrons. The molecular weight excluding hydrogens is 194 g/mol. The first-order chi connectivity index (χ1) is 7.55. The Hall–Kier alpha value is -0.0400. The molecule has 1 heterocycles. The Morgan fingerprint density at radius 3 is 2.44 bits per heavy atom. The highest BCUT2D eigenvalue weighted by molar-refractivity contribution is 4.93. The van der Waals surface area contributed by atoms with E-state index in [-0.39, 0.29) is 0 Å². The molecule has 0 aromatic carbocycles. The summed E-state index contributed by atoms with van der Waals surface area (Å²) >= 11 is 0. The average Bonchev–Trinajstić information content (AvgIpc) is 2.29. The van der Waals surface area contributed by atoms with Crippen LogP contribution in [0, 0.1) is 23.2 Å². The maximum Gasteiger partial charge on any atom is -0.00127 e. The van der Waals surface area contributed by atoms with Gasteiger partial charge >= 0.3 is 0 Å². The molecule has 1 heteroatoms. The van der Waals surface area contributed by atoms with Crippen molar-refractivity contribution in [3.05, 3.63) is 0 Å². The summed E-state index contributed by atoms with van der Waals surface area (Å²) in [4.78, 5) is 0. The highest BCUT2D eigenvalue weighted by Crippen LogP contribution is 2.46. The molecule has 0 aromatic heterocycles. The first-order valence-corrected chi connectivity index (χ1v) is 7.26. The van der Waals surface area contributed by atoms with E-state index in [1.165, 1.54) is 38.8 Å². The lowest BCUT2D eigenvalue weighted by molar-refractivity contribution is 0.0406. The predicted molar refractivity (Wildman–Crippen MR) is 72.6 cm³/mol. The molecule has 3 unspecified atom stereocenters. The molecule has 1 saturated heterocycles. The number of rotatable bonds is 5. The lowest BCUT2D eigenvalue weighted by Crippen LogP contribution is -2.47. The summed E-state index contributed by atoms with van der Waals surface area (Å²) in [6, 6.07) is 0. The molecule has 3 atom stereocenters. The summed E-state index contributed by atoms with van der Waals surface area (Å²) in [5.41, 5.74) is 0.620. The van der Waals surface area contributed by atoms with Crippen LogP contribution in [0.3, 0.4) is 0 Å². The van der Waals surface area contributed by atoms with E-state index in [4.69, 9.17) is 0 Å². The molecule has 1 nitrogen and oxygen atoms in total. The highest BCUT2D eigenvalue weighted by Gasteiger charge is 2.40. The van der Waals surface area contributed by atoms with Crippen LogP contribution in [-0.4, -0.2) is 13.1 Å². The van der Waals surface area contributed by atoms with Crippen molar-refractivity contribution < 1.29 is 0 Å². The Kier molecular flexibility index (Phi) is 5.30. The van der Waals surface area contributed by atoms with Crippen LogP contribution in [0.25, 0.3) is 0 Å². The zero-order chi connectivity index (χ0) is 12.2. The molecular formula is C15H31N. The van der Waals surface area contributed by atoms with Gasteiger partial charge in [0.2, 0.25) is 0 Å². The third-order valence-electron chi connectivity index (χ3n) is 4.91. The first-order valence-electron chi connectivity index (χ1n) is 7.26. The molecule has 1 fully saturated rings. The lowest BCUT2D eigenvalue weighted by Gasteiger charge is -2.47. The number of piperidine rings is 1. The molecule has 1 N–H and O–H groups in total. The molecule has 0 amide bonds. The maximum absolute atomic E-state index is 3.60. The normalized spacial score (nSPS) is 33.0. The van der Waals surface area contributed by atoms with Crippen molar-refractivity contribution >= 4 is 0 Å². The van der Waals surface area contributed by atoms with E-state index in [0.29, 0.717) is 5.41 Å². The van der Waals surface area contributed by atoms with Crippen LogP contribution in [0.5, 0.6) is 0 Å². The quantitative estimate of drug-likeness (QED) is 0.743. The molecule has 0 saturated carbocycles. The van der Waals surface area contributed by atoms with E-state index < -0.39 is 0 Å². The van der Waals surface area contributed by atoms with Gasteiger partial charge < -0.3 is 5.32 Å². The van der Waals surface area contributed by atoms with Gasteiger partial charge in [-0.05, 0) is 49.1 Å². The van der Waals surface area contributed by atoms with Gasteiger partial charge in [-0.15, -0.1) is 0 Å². The molecule has 96 valence electrons. The SMILES string of the molecule is CCC(C)CC1(CC)CCNCC1C(C)C. The van der Waals surface area contributed by atoms with Crippen LogP contribution in [0.2, 0.25) is 0 Å². The third-order valence-corrected chi connectivity index (χ3v) is 4.91. The van der Waals surface area contributed by atoms with Crippen LogP contribution in [0.1, 0.15) is 60.3 Å². The lowest BCUT2D eigenvalue weighted by atomic mass is 9.61. The van der Waals surface area contributed by atoms with E-state index in [1.54, 1.807) is 0 Å². The summed E-state index contributed by atoms with van der Waals surface area (Å²) in [5.74, 6) is 2.58. The van der Waals surface area contributed by atoms with Crippen LogP contribution < -0.4 is 5.32 Å². The molecule has 0 bridgehead atoms. The van der Waals surface area contributed by atoms with Gasteiger partial charge in [0.1, 0.15) is 0 Å². The molecule has 0 aromatic rings. The fourth-order valence-corrected chi connectivity index (χ4v) is 3.61. The summed E-state index contributed by atoms with van der Waals surface area (Å²) in [5, 5.41) is 3.60. The van der Waals surface area contributed by atoms with Crippen molar-refractivity contribution in [3.63, 3.8) is 0 Å². The number of hydrogen-bond donors (Lipinski definition) is 1. The van der Waals surface area contributed by atoms with Crippen LogP contribution in [0.15, 0.2) is 0 Å². The fourth-order valence-electron chi connectivity index (χ4n) is 3.61. The van der Waals surface area contributed by atoms with Crippen LogP contribution >= 0.6 is 0 Å². The van der Waals surface area contributed by atoms with Gasteiger partial charge in [0, 0.05) is 0 Å². The smallest absolute Gasteiger partial charge is 0.00127 e. The van der Waals surface area contributed by atoms with E-state index in [9.17, 15) is 0 Å². The monoisotopic (exact) mass is 225 g/mol. The van der Waals surface area contributed by atoms with Gasteiger partial charge in [0.25, 0.3) is 0 Å². The van der Waals surface area contributed by atoms with E-state index in [1.807, 2.05) is 0 Å². The van der Waals surface area contributed by atoms with Crippen molar-refractivity contribution in [1.29, 1.82) is 0 Å². The molecule has 16 heavy (non-hydrogen) atoms. The second-order valence-electron chi connectivity index (χ2n) is 6.24. The first kappa shape index (κ1) is 14.0. The standard InChI is InChI=1S/C15H31N/c1-6-13(5)10-15(7-2)8-9-16-11-14(15)12(3)4/h12-14,16H,6-11H2,1-5H3. The Morgan fingerprint density at radius 2 is 1.94 bits per heavy atom. The minimum absolute atomic E-state index is 0.620. The summed E-state index contributed by atoms with van der Waals surface area (Å²) < 4.78 is 0. The van der Waals surface area contributed by atoms with Crippen molar-refractivity contribution in [2.24, 2.45) is 23.2 Å². The molecule has 0 spiro atoms. The van der Waals surface area contributed by atoms with Crippen molar-refractivity contribution in [3.8, 4) is 0 Å². The maximum atomic E-state index is 3.60. The topological polar surface area (TPSA) is 12.0 Å². The minimum atomic E-state index is 0.620. The van der Waals surface area contributed by atoms with Crippen molar-refractivity contribution in [1.82, 2.24) is 5.32 Å². The van der Waals surface area contributed by atoms with E-state index in [0.717, 1.165) is 17.8 Å². The fraction of sp³-hybridized carbons (Fsp3) is 1.00. The van der Waals surface area contributed by atoms with E-state index in [2.05, 4.69) is 39.9 Å². The zero-order valence-corrected chi connectivity index (χ0v) is 12.0. The molecule has 0 aliphatic carbocycles. The molecule has 1 aliphatic heterocycles. The number of nitrogens with one attached hydrogen (secondary N) is 1. The van der Waals surface area contributed by atoms with Gasteiger partial charge in [-0.25, -0.2) is 0 Å². The second-order valence-corrected chi connectivity index (χ2v) is 6.24. The highest BCUT2D eigenvalue weighted by atomic mass is 14.9. The Bertz CT molecular complexity index is 200. The Balaban J connectivity index is 2.79. The van der Waals surface area contributed by atoms with Crippen molar-refractivity contribution in [2.75, 3.05) is 13.1 Å². The van der Waals surface area contributed by atoms with Crippen molar-refractivity contribution in [2.45, 2.75) is 60.3 Å². The van der Waals surface area contributed by atoms with Gasteiger partial charge in [-0.1, -0.05) is 47.5 Å². The van der Waals surface area contributed by atoms with E-state index >= 15 is 0 Å². The Morgan fingerprint density at radius 1 is 1.25 bits per heavy atom. The Labute approximate surface area is 102 Å². The largest absolute Gasteiger partial charge is 0.316 e. The zero-order valence-electron chi connectivity index (χ0n) is 12.0.